The number of aliphatic hydroxyl groups is 1. The van der Waals surface area contributed by atoms with Crippen LogP contribution >= 0.6 is 0 Å². The zero-order valence-electron chi connectivity index (χ0n) is 19.0. The Morgan fingerprint density at radius 3 is 2.47 bits per heavy atom. The maximum atomic E-state index is 13.7. The molecule has 0 bridgehead atoms. The lowest BCUT2D eigenvalue weighted by molar-refractivity contribution is -0.137. The van der Waals surface area contributed by atoms with E-state index in [2.05, 4.69) is 15.4 Å². The summed E-state index contributed by atoms with van der Waals surface area (Å²) in [6.45, 7) is -0.173. The molecule has 2 aromatic carbocycles. The Labute approximate surface area is 203 Å². The molecule has 182 valence electrons. The van der Waals surface area contributed by atoms with E-state index in [4.69, 9.17) is 0 Å². The van der Waals surface area contributed by atoms with Gasteiger partial charge in [-0.2, -0.15) is 18.3 Å². The van der Waals surface area contributed by atoms with Crippen molar-refractivity contribution in [3.8, 4) is 22.5 Å². The van der Waals surface area contributed by atoms with Crippen LogP contribution in [0.3, 0.4) is 0 Å². The van der Waals surface area contributed by atoms with E-state index in [9.17, 15) is 23.1 Å². The third-order valence-electron chi connectivity index (χ3n) is 5.73. The Morgan fingerprint density at radius 2 is 1.81 bits per heavy atom. The van der Waals surface area contributed by atoms with Crippen LogP contribution < -0.4 is 5.32 Å². The van der Waals surface area contributed by atoms with Gasteiger partial charge in [-0.1, -0.05) is 30.3 Å². The molecule has 0 atom stereocenters. The van der Waals surface area contributed by atoms with Gasteiger partial charge in [-0.3, -0.25) is 13.9 Å². The summed E-state index contributed by atoms with van der Waals surface area (Å²) in [4.78, 5) is 17.9. The molecule has 3 aromatic heterocycles. The Kier molecular flexibility index (Phi) is 5.81. The van der Waals surface area contributed by atoms with Crippen molar-refractivity contribution in [2.24, 2.45) is 7.05 Å². The van der Waals surface area contributed by atoms with Crippen LogP contribution in [-0.2, 0) is 19.8 Å². The number of nitrogens with zero attached hydrogens (tertiary/aromatic N) is 4. The van der Waals surface area contributed by atoms with Gasteiger partial charge in [-0.25, -0.2) is 4.98 Å². The van der Waals surface area contributed by atoms with Gasteiger partial charge in [0.2, 0.25) is 0 Å². The maximum absolute atomic E-state index is 13.7. The van der Waals surface area contributed by atoms with Gasteiger partial charge in [-0.05, 0) is 42.0 Å². The molecule has 10 heteroatoms. The first-order chi connectivity index (χ1) is 17.2. The van der Waals surface area contributed by atoms with E-state index in [1.807, 2.05) is 30.3 Å². The largest absolute Gasteiger partial charge is 0.417 e. The molecule has 0 unspecified atom stereocenters. The predicted molar refractivity (Wildman–Crippen MR) is 128 cm³/mol. The molecule has 0 spiro atoms. The lowest BCUT2D eigenvalue weighted by Gasteiger charge is -2.14. The molecule has 0 saturated carbocycles. The number of halogens is 3. The second-order valence-electron chi connectivity index (χ2n) is 8.18. The predicted octanol–water partition coefficient (Wildman–Crippen LogP) is 5.17. The summed E-state index contributed by atoms with van der Waals surface area (Å²) in [6.07, 6.45) is -1.41. The molecule has 0 saturated heterocycles. The molecule has 1 amide bonds. The van der Waals surface area contributed by atoms with Crippen LogP contribution in [0.4, 0.5) is 19.0 Å². The number of anilines is 1. The van der Waals surface area contributed by atoms with Gasteiger partial charge < -0.3 is 10.4 Å². The first-order valence-electron chi connectivity index (χ1n) is 10.9. The summed E-state index contributed by atoms with van der Waals surface area (Å²) in [7, 11) is 1.60. The van der Waals surface area contributed by atoms with Crippen molar-refractivity contribution in [1.29, 1.82) is 0 Å². The van der Waals surface area contributed by atoms with Gasteiger partial charge in [0.25, 0.3) is 5.91 Å². The van der Waals surface area contributed by atoms with Crippen molar-refractivity contribution in [2.45, 2.75) is 12.8 Å². The van der Waals surface area contributed by atoms with Crippen LogP contribution in [0.1, 0.15) is 21.5 Å². The van der Waals surface area contributed by atoms with Crippen molar-refractivity contribution in [2.75, 3.05) is 5.32 Å². The molecule has 0 radical (unpaired) electrons. The van der Waals surface area contributed by atoms with Gasteiger partial charge in [0, 0.05) is 36.1 Å². The van der Waals surface area contributed by atoms with Crippen LogP contribution in [0.5, 0.6) is 0 Å². The highest BCUT2D eigenvalue weighted by molar-refractivity contribution is 6.06. The molecular weight excluding hydrogens is 471 g/mol. The Balaban J connectivity index is 1.59. The number of aliphatic hydroxyl groups excluding tert-OH is 1. The number of nitrogens with one attached hydrogen (secondary N) is 1. The van der Waals surface area contributed by atoms with Gasteiger partial charge in [0.1, 0.15) is 17.2 Å². The number of aryl methyl sites for hydroxylation is 1. The first kappa shape index (κ1) is 23.3. The molecule has 0 aliphatic heterocycles. The minimum atomic E-state index is -4.62. The normalized spacial score (nSPS) is 11.7. The fourth-order valence-electron chi connectivity index (χ4n) is 3.99. The number of alkyl halides is 3. The fourth-order valence-corrected chi connectivity index (χ4v) is 3.99. The summed E-state index contributed by atoms with van der Waals surface area (Å²) in [5, 5.41) is 16.4. The van der Waals surface area contributed by atoms with E-state index in [1.165, 1.54) is 23.0 Å². The van der Waals surface area contributed by atoms with Crippen molar-refractivity contribution in [1.82, 2.24) is 19.2 Å². The SMILES string of the molecule is Cn1ccc(-c2cc(C(=O)Nc3c(-c4ccccc4)nc4cc(CO)ccn34)ccc2C(F)(F)F)n1. The summed E-state index contributed by atoms with van der Waals surface area (Å²) < 4.78 is 44.1. The molecule has 0 aliphatic carbocycles. The number of aromatic nitrogens is 4. The molecule has 3 heterocycles. The standard InChI is InChI=1S/C26H20F3N5O2/c1-33-11-10-21(32-33)19-14-18(7-8-20(19)26(27,28)29)25(36)31-24-23(17-5-3-2-4-6-17)30-22-13-16(15-35)9-12-34(22)24/h2-14,35H,15H2,1H3,(H,31,36). The third-order valence-corrected chi connectivity index (χ3v) is 5.73. The van der Waals surface area contributed by atoms with Crippen molar-refractivity contribution in [3.05, 3.63) is 95.8 Å². The number of imidazole rings is 1. The quantitative estimate of drug-likeness (QED) is 0.356. The lowest BCUT2D eigenvalue weighted by atomic mass is 10.0. The number of fused-ring (bicyclic) bond motifs is 1. The van der Waals surface area contributed by atoms with Crippen molar-refractivity contribution >= 4 is 17.4 Å². The average Bonchev–Trinajstić information content (AvgIpc) is 3.46. The molecule has 2 N–H and O–H groups in total. The number of carbonyl (C=O) groups is 1. The average molecular weight is 491 g/mol. The second kappa shape index (κ2) is 8.97. The van der Waals surface area contributed by atoms with Crippen LogP contribution in [0.25, 0.3) is 28.2 Å². The fraction of sp³-hybridized carbons (Fsp3) is 0.115. The van der Waals surface area contributed by atoms with Crippen LogP contribution in [0, 0.1) is 0 Å². The highest BCUT2D eigenvalue weighted by atomic mass is 19.4. The summed E-state index contributed by atoms with van der Waals surface area (Å²) >= 11 is 0. The summed E-state index contributed by atoms with van der Waals surface area (Å²) in [6, 6.07) is 17.2. The maximum Gasteiger partial charge on any atom is 0.417 e. The molecular formula is C26H20F3N5O2. The number of hydrogen-bond acceptors (Lipinski definition) is 4. The van der Waals surface area contributed by atoms with E-state index < -0.39 is 17.6 Å². The number of hydrogen-bond donors (Lipinski definition) is 2. The smallest absolute Gasteiger partial charge is 0.392 e. The van der Waals surface area contributed by atoms with Crippen LogP contribution in [0.2, 0.25) is 0 Å². The van der Waals surface area contributed by atoms with Crippen molar-refractivity contribution < 1.29 is 23.1 Å². The van der Waals surface area contributed by atoms with Gasteiger partial charge in [-0.15, -0.1) is 0 Å². The molecule has 5 aromatic rings. The van der Waals surface area contributed by atoms with Crippen LogP contribution in [-0.4, -0.2) is 30.2 Å². The summed E-state index contributed by atoms with van der Waals surface area (Å²) in [5.41, 5.74) is 1.43. The number of pyridine rings is 1. The molecule has 5 rings (SSSR count). The Morgan fingerprint density at radius 1 is 1.03 bits per heavy atom. The third kappa shape index (κ3) is 4.34. The Bertz CT molecular complexity index is 1570. The molecule has 7 nitrogen and oxygen atoms in total. The molecule has 0 fully saturated rings. The topological polar surface area (TPSA) is 84.5 Å². The number of amides is 1. The first-order valence-corrected chi connectivity index (χ1v) is 10.9. The van der Waals surface area contributed by atoms with Crippen LogP contribution in [0.15, 0.2) is 79.1 Å². The van der Waals surface area contributed by atoms with Gasteiger partial charge in [0.15, 0.2) is 0 Å². The monoisotopic (exact) mass is 491 g/mol. The zero-order valence-corrected chi connectivity index (χ0v) is 19.0. The van der Waals surface area contributed by atoms with E-state index >= 15 is 0 Å². The minimum absolute atomic E-state index is 0.0320. The Hall–Kier alpha value is -4.44. The number of carbonyl (C=O) groups excluding carboxylic acids is 1. The van der Waals surface area contributed by atoms with Gasteiger partial charge in [0.05, 0.1) is 17.9 Å². The number of benzene rings is 2. The lowest BCUT2D eigenvalue weighted by Crippen LogP contribution is -2.16. The summed E-state index contributed by atoms with van der Waals surface area (Å²) in [5.74, 6) is -0.254. The van der Waals surface area contributed by atoms with E-state index in [-0.39, 0.29) is 23.4 Å². The van der Waals surface area contributed by atoms with Crippen molar-refractivity contribution in [3.63, 3.8) is 0 Å². The minimum Gasteiger partial charge on any atom is -0.392 e. The highest BCUT2D eigenvalue weighted by Crippen LogP contribution is 2.37. The van der Waals surface area contributed by atoms with Gasteiger partial charge >= 0.3 is 6.18 Å². The number of rotatable bonds is 5. The second-order valence-corrected chi connectivity index (χ2v) is 8.18. The molecule has 36 heavy (non-hydrogen) atoms. The highest BCUT2D eigenvalue weighted by Gasteiger charge is 2.34. The van der Waals surface area contributed by atoms with E-state index in [1.54, 1.807) is 29.8 Å². The molecule has 0 aliphatic rings. The van der Waals surface area contributed by atoms with E-state index in [0.717, 1.165) is 17.7 Å². The zero-order chi connectivity index (χ0) is 25.4. The van der Waals surface area contributed by atoms with E-state index in [0.29, 0.717) is 22.7 Å².